The molecule has 0 bridgehead atoms. The number of carbonyl (C=O) groups is 1. The summed E-state index contributed by atoms with van der Waals surface area (Å²) in [5.41, 5.74) is 5.15. The zero-order valence-corrected chi connectivity index (χ0v) is 19.3. The smallest absolute Gasteiger partial charge is 0.247 e. The van der Waals surface area contributed by atoms with Crippen LogP contribution in [0.2, 0.25) is 0 Å². The first kappa shape index (κ1) is 22.6. The van der Waals surface area contributed by atoms with Crippen LogP contribution in [-0.4, -0.2) is 35.1 Å². The molecule has 3 aromatic carbocycles. The maximum atomic E-state index is 11.8. The number of fused-ring (bicyclic) bond motifs is 1. The summed E-state index contributed by atoms with van der Waals surface area (Å²) in [6.45, 7) is 5.13. The molecule has 0 spiro atoms. The Morgan fingerprint density at radius 1 is 0.914 bits per heavy atom. The van der Waals surface area contributed by atoms with Gasteiger partial charge in [0.1, 0.15) is 0 Å². The first-order valence-electron chi connectivity index (χ1n) is 11.7. The molecule has 4 aromatic rings. The number of amides is 1. The van der Waals surface area contributed by atoms with Gasteiger partial charge in [-0.2, -0.15) is 0 Å². The van der Waals surface area contributed by atoms with Gasteiger partial charge in [0.2, 0.25) is 11.9 Å². The zero-order chi connectivity index (χ0) is 24.0. The number of carbonyl (C=O) groups excluding carboxylic acids is 1. The minimum Gasteiger partial charge on any atom is -0.382 e. The fourth-order valence-electron chi connectivity index (χ4n) is 4.15. The standard InChI is InChI=1S/C28H27N5O2/c1-2-26(34)30-23-7-5-6-19(18-23)27-24-8-3-4-9-25(24)32-28(33-27)31-21-12-10-20(11-13-21)29-22-14-16-35-17-15-22/h2-13,18,22,29H,1,14-17H2,(H,30,34)(H,31,32,33). The summed E-state index contributed by atoms with van der Waals surface area (Å²) >= 11 is 0. The Morgan fingerprint density at radius 2 is 1.69 bits per heavy atom. The first-order chi connectivity index (χ1) is 17.2. The van der Waals surface area contributed by atoms with E-state index >= 15 is 0 Å². The Balaban J connectivity index is 1.41. The molecule has 2 heterocycles. The van der Waals surface area contributed by atoms with E-state index in [1.807, 2.05) is 60.7 Å². The van der Waals surface area contributed by atoms with E-state index < -0.39 is 0 Å². The van der Waals surface area contributed by atoms with Crippen molar-refractivity contribution in [3.63, 3.8) is 0 Å². The molecule has 1 aromatic heterocycles. The fraction of sp³-hybridized carbons (Fsp3) is 0.179. The van der Waals surface area contributed by atoms with Crippen LogP contribution in [0.4, 0.5) is 23.0 Å². The predicted octanol–water partition coefficient (Wildman–Crippen LogP) is 5.76. The summed E-state index contributed by atoms with van der Waals surface area (Å²) in [5, 5.41) is 10.7. The lowest BCUT2D eigenvalue weighted by Crippen LogP contribution is -2.27. The Hall–Kier alpha value is -4.23. The first-order valence-corrected chi connectivity index (χ1v) is 11.7. The molecular formula is C28H27N5O2. The number of hydrogen-bond acceptors (Lipinski definition) is 6. The molecule has 0 radical (unpaired) electrons. The van der Waals surface area contributed by atoms with Crippen LogP contribution in [0.15, 0.2) is 85.5 Å². The van der Waals surface area contributed by atoms with E-state index in [0.29, 0.717) is 17.7 Å². The van der Waals surface area contributed by atoms with E-state index in [0.717, 1.165) is 59.6 Å². The summed E-state index contributed by atoms with van der Waals surface area (Å²) in [5.74, 6) is 0.246. The van der Waals surface area contributed by atoms with Crippen LogP contribution in [0.1, 0.15) is 12.8 Å². The Bertz CT molecular complexity index is 1350. The number of ether oxygens (including phenoxy) is 1. The summed E-state index contributed by atoms with van der Waals surface area (Å²) in [7, 11) is 0. The highest BCUT2D eigenvalue weighted by Crippen LogP contribution is 2.30. The van der Waals surface area contributed by atoms with E-state index in [9.17, 15) is 4.79 Å². The number of nitrogens with one attached hydrogen (secondary N) is 3. The number of para-hydroxylation sites is 1. The average Bonchev–Trinajstić information content (AvgIpc) is 2.90. The summed E-state index contributed by atoms with van der Waals surface area (Å²) in [6, 6.07) is 24.1. The molecule has 0 atom stereocenters. The molecule has 3 N–H and O–H groups in total. The zero-order valence-electron chi connectivity index (χ0n) is 19.3. The molecule has 5 rings (SSSR count). The highest BCUT2D eigenvalue weighted by Gasteiger charge is 2.14. The molecule has 0 unspecified atom stereocenters. The molecule has 7 heteroatoms. The quantitative estimate of drug-likeness (QED) is 0.301. The molecule has 1 aliphatic rings. The van der Waals surface area contributed by atoms with E-state index in [1.54, 1.807) is 0 Å². The van der Waals surface area contributed by atoms with E-state index in [-0.39, 0.29) is 5.91 Å². The van der Waals surface area contributed by atoms with Gasteiger partial charge in [-0.25, -0.2) is 9.97 Å². The third-order valence-electron chi connectivity index (χ3n) is 5.93. The van der Waals surface area contributed by atoms with Gasteiger partial charge >= 0.3 is 0 Å². The second kappa shape index (κ2) is 10.4. The van der Waals surface area contributed by atoms with Crippen LogP contribution in [-0.2, 0) is 9.53 Å². The lowest BCUT2D eigenvalue weighted by Gasteiger charge is -2.24. The van der Waals surface area contributed by atoms with Crippen molar-refractivity contribution in [3.05, 3.63) is 85.5 Å². The third kappa shape index (κ3) is 5.47. The summed E-state index contributed by atoms with van der Waals surface area (Å²) < 4.78 is 5.44. The number of aromatic nitrogens is 2. The maximum absolute atomic E-state index is 11.8. The second-order valence-electron chi connectivity index (χ2n) is 8.42. The summed E-state index contributed by atoms with van der Waals surface area (Å²) in [4.78, 5) is 21.3. The molecule has 1 aliphatic heterocycles. The molecule has 0 saturated carbocycles. The van der Waals surface area contributed by atoms with Crippen LogP contribution in [0.3, 0.4) is 0 Å². The molecule has 7 nitrogen and oxygen atoms in total. The highest BCUT2D eigenvalue weighted by atomic mass is 16.5. The normalized spacial score (nSPS) is 13.8. The van der Waals surface area contributed by atoms with Gasteiger partial charge in [-0.3, -0.25) is 4.79 Å². The predicted molar refractivity (Wildman–Crippen MR) is 141 cm³/mol. The number of hydrogen-bond donors (Lipinski definition) is 3. The van der Waals surface area contributed by atoms with Crippen LogP contribution in [0, 0.1) is 0 Å². The van der Waals surface area contributed by atoms with Crippen LogP contribution in [0.5, 0.6) is 0 Å². The lowest BCUT2D eigenvalue weighted by atomic mass is 10.1. The summed E-state index contributed by atoms with van der Waals surface area (Å²) in [6.07, 6.45) is 3.29. The topological polar surface area (TPSA) is 88.2 Å². The van der Waals surface area contributed by atoms with Crippen molar-refractivity contribution in [1.29, 1.82) is 0 Å². The van der Waals surface area contributed by atoms with Crippen molar-refractivity contribution in [1.82, 2.24) is 9.97 Å². The molecule has 1 saturated heterocycles. The van der Waals surface area contributed by atoms with Crippen LogP contribution in [0.25, 0.3) is 22.2 Å². The molecule has 0 aliphatic carbocycles. The lowest BCUT2D eigenvalue weighted by molar-refractivity contribution is -0.111. The Morgan fingerprint density at radius 3 is 2.49 bits per heavy atom. The van der Waals surface area contributed by atoms with Crippen LogP contribution >= 0.6 is 0 Å². The van der Waals surface area contributed by atoms with Gasteiger partial charge in [0.15, 0.2) is 0 Å². The monoisotopic (exact) mass is 465 g/mol. The van der Waals surface area contributed by atoms with Crippen molar-refractivity contribution < 1.29 is 9.53 Å². The number of rotatable bonds is 7. The second-order valence-corrected chi connectivity index (χ2v) is 8.42. The molecule has 1 amide bonds. The average molecular weight is 466 g/mol. The Kier molecular flexibility index (Phi) is 6.68. The molecular weight excluding hydrogens is 438 g/mol. The van der Waals surface area contributed by atoms with Crippen molar-refractivity contribution in [2.45, 2.75) is 18.9 Å². The van der Waals surface area contributed by atoms with E-state index in [2.05, 4.69) is 34.7 Å². The molecule has 1 fully saturated rings. The fourth-order valence-corrected chi connectivity index (χ4v) is 4.15. The highest BCUT2D eigenvalue weighted by molar-refractivity contribution is 6.00. The van der Waals surface area contributed by atoms with Gasteiger partial charge < -0.3 is 20.7 Å². The number of anilines is 4. The number of benzene rings is 3. The van der Waals surface area contributed by atoms with Gasteiger partial charge in [0, 0.05) is 47.3 Å². The third-order valence-corrected chi connectivity index (χ3v) is 5.93. The SMILES string of the molecule is C=CC(=O)Nc1cccc(-c2nc(Nc3ccc(NC4CCOCC4)cc3)nc3ccccc23)c1. The largest absolute Gasteiger partial charge is 0.382 e. The minimum absolute atomic E-state index is 0.258. The van der Waals surface area contributed by atoms with Crippen molar-refractivity contribution in [2.24, 2.45) is 0 Å². The maximum Gasteiger partial charge on any atom is 0.247 e. The van der Waals surface area contributed by atoms with Crippen molar-refractivity contribution >= 4 is 39.8 Å². The minimum atomic E-state index is -0.258. The molecule has 35 heavy (non-hydrogen) atoms. The van der Waals surface area contributed by atoms with Gasteiger partial charge in [-0.1, -0.05) is 36.9 Å². The molecule has 176 valence electrons. The van der Waals surface area contributed by atoms with Gasteiger partial charge in [-0.05, 0) is 61.4 Å². The van der Waals surface area contributed by atoms with Crippen molar-refractivity contribution in [2.75, 3.05) is 29.2 Å². The van der Waals surface area contributed by atoms with Gasteiger partial charge in [-0.15, -0.1) is 0 Å². The van der Waals surface area contributed by atoms with E-state index in [4.69, 9.17) is 14.7 Å². The van der Waals surface area contributed by atoms with Gasteiger partial charge in [0.05, 0.1) is 11.2 Å². The van der Waals surface area contributed by atoms with Gasteiger partial charge in [0.25, 0.3) is 0 Å². The van der Waals surface area contributed by atoms with E-state index in [1.165, 1.54) is 6.08 Å². The van der Waals surface area contributed by atoms with Crippen LogP contribution < -0.4 is 16.0 Å². The Labute approximate surface area is 204 Å². The number of nitrogens with zero attached hydrogens (tertiary/aromatic N) is 2. The van der Waals surface area contributed by atoms with Crippen molar-refractivity contribution in [3.8, 4) is 11.3 Å².